The minimum absolute atomic E-state index is 0.289. The van der Waals surface area contributed by atoms with Crippen LogP contribution in [-0.2, 0) is 6.54 Å². The van der Waals surface area contributed by atoms with Crippen molar-refractivity contribution in [1.29, 1.82) is 0 Å². The quantitative estimate of drug-likeness (QED) is 0.808. The second kappa shape index (κ2) is 6.68. The smallest absolute Gasteiger partial charge is 0.253 e. The van der Waals surface area contributed by atoms with Gasteiger partial charge in [-0.2, -0.15) is 0 Å². The average Bonchev–Trinajstić information content (AvgIpc) is 2.35. The van der Waals surface area contributed by atoms with E-state index in [4.69, 9.17) is 46.4 Å². The summed E-state index contributed by atoms with van der Waals surface area (Å²) in [5.74, 6) is -0.289. The second-order valence-electron chi connectivity index (χ2n) is 4.08. The van der Waals surface area contributed by atoms with Crippen molar-refractivity contribution < 1.29 is 4.79 Å². The molecule has 6 heteroatoms. The van der Waals surface area contributed by atoms with Gasteiger partial charge in [-0.1, -0.05) is 46.4 Å². The summed E-state index contributed by atoms with van der Waals surface area (Å²) in [5, 5.41) is 4.57. The third-order valence-electron chi connectivity index (χ3n) is 2.55. The third kappa shape index (κ3) is 4.03. The largest absolute Gasteiger partial charge is 0.348 e. The fourth-order valence-corrected chi connectivity index (χ4v) is 2.73. The minimum atomic E-state index is -0.289. The Bertz CT molecular complexity index is 637. The Morgan fingerprint density at radius 3 is 2.15 bits per heavy atom. The van der Waals surface area contributed by atoms with Crippen LogP contribution in [-0.4, -0.2) is 5.91 Å². The highest BCUT2D eigenvalue weighted by Crippen LogP contribution is 2.22. The van der Waals surface area contributed by atoms with Crippen LogP contribution in [0.4, 0.5) is 0 Å². The molecule has 0 fully saturated rings. The summed E-state index contributed by atoms with van der Waals surface area (Å²) in [6.45, 7) is 0.304. The number of halogens is 4. The van der Waals surface area contributed by atoms with Gasteiger partial charge in [-0.3, -0.25) is 4.79 Å². The van der Waals surface area contributed by atoms with E-state index in [-0.39, 0.29) is 5.91 Å². The monoisotopic (exact) mass is 347 g/mol. The van der Waals surface area contributed by atoms with E-state index in [1.807, 2.05) is 0 Å². The van der Waals surface area contributed by atoms with Crippen molar-refractivity contribution in [3.63, 3.8) is 0 Å². The molecule has 1 amide bonds. The zero-order valence-electron chi connectivity index (χ0n) is 10.1. The van der Waals surface area contributed by atoms with Crippen LogP contribution in [0, 0.1) is 0 Å². The topological polar surface area (TPSA) is 29.1 Å². The first-order chi connectivity index (χ1) is 9.45. The molecule has 0 bridgehead atoms. The van der Waals surface area contributed by atoms with Gasteiger partial charge in [-0.25, -0.2) is 0 Å². The molecule has 0 radical (unpaired) electrons. The van der Waals surface area contributed by atoms with E-state index >= 15 is 0 Å². The summed E-state index contributed by atoms with van der Waals surface area (Å²) in [4.78, 5) is 12.0. The van der Waals surface area contributed by atoms with Crippen LogP contribution < -0.4 is 5.32 Å². The lowest BCUT2D eigenvalue weighted by atomic mass is 10.2. The Hall–Kier alpha value is -0.930. The standard InChI is InChI=1S/C14H9Cl4NO/c15-9-1-2-12(13(18)6-9)14(20)19-7-8-3-10(16)5-11(17)4-8/h1-6H,7H2,(H,19,20). The summed E-state index contributed by atoms with van der Waals surface area (Å²) in [7, 11) is 0. The van der Waals surface area contributed by atoms with E-state index < -0.39 is 0 Å². The van der Waals surface area contributed by atoms with Gasteiger partial charge in [0, 0.05) is 21.6 Å². The summed E-state index contributed by atoms with van der Waals surface area (Å²) in [5.41, 5.74) is 1.17. The van der Waals surface area contributed by atoms with Crippen molar-refractivity contribution in [2.75, 3.05) is 0 Å². The van der Waals surface area contributed by atoms with Crippen molar-refractivity contribution in [3.8, 4) is 0 Å². The summed E-state index contributed by atoms with van der Waals surface area (Å²) in [6, 6.07) is 9.80. The van der Waals surface area contributed by atoms with Gasteiger partial charge in [0.05, 0.1) is 10.6 Å². The van der Waals surface area contributed by atoms with E-state index in [1.165, 1.54) is 6.07 Å². The molecule has 0 aliphatic rings. The lowest BCUT2D eigenvalue weighted by Crippen LogP contribution is -2.23. The number of nitrogens with one attached hydrogen (secondary N) is 1. The van der Waals surface area contributed by atoms with Gasteiger partial charge in [0.15, 0.2) is 0 Å². The van der Waals surface area contributed by atoms with Crippen molar-refractivity contribution in [2.45, 2.75) is 6.54 Å². The number of benzene rings is 2. The Kier molecular flexibility index (Phi) is 5.17. The number of rotatable bonds is 3. The van der Waals surface area contributed by atoms with Crippen molar-refractivity contribution >= 4 is 52.3 Å². The molecule has 0 aromatic heterocycles. The third-order valence-corrected chi connectivity index (χ3v) is 3.54. The van der Waals surface area contributed by atoms with Gasteiger partial charge >= 0.3 is 0 Å². The van der Waals surface area contributed by atoms with Gasteiger partial charge in [0.1, 0.15) is 0 Å². The van der Waals surface area contributed by atoms with E-state index in [1.54, 1.807) is 30.3 Å². The fourth-order valence-electron chi connectivity index (χ4n) is 1.66. The highest BCUT2D eigenvalue weighted by Gasteiger charge is 2.10. The molecule has 0 unspecified atom stereocenters. The molecule has 2 nitrogen and oxygen atoms in total. The van der Waals surface area contributed by atoms with Crippen LogP contribution in [0.25, 0.3) is 0 Å². The van der Waals surface area contributed by atoms with Gasteiger partial charge < -0.3 is 5.32 Å². The van der Waals surface area contributed by atoms with Gasteiger partial charge in [0.25, 0.3) is 5.91 Å². The van der Waals surface area contributed by atoms with Crippen molar-refractivity contribution in [3.05, 3.63) is 67.6 Å². The molecule has 0 heterocycles. The molecule has 0 saturated carbocycles. The molecule has 0 aliphatic carbocycles. The molecule has 0 spiro atoms. The second-order valence-corrected chi connectivity index (χ2v) is 5.80. The highest BCUT2D eigenvalue weighted by molar-refractivity contribution is 6.36. The lowest BCUT2D eigenvalue weighted by Gasteiger charge is -2.08. The van der Waals surface area contributed by atoms with Crippen LogP contribution in [0.5, 0.6) is 0 Å². The normalized spacial score (nSPS) is 10.4. The maximum absolute atomic E-state index is 12.0. The fraction of sp³-hybridized carbons (Fsp3) is 0.0714. The number of amides is 1. The lowest BCUT2D eigenvalue weighted by molar-refractivity contribution is 0.0951. The van der Waals surface area contributed by atoms with Gasteiger partial charge in [-0.15, -0.1) is 0 Å². The molecule has 0 atom stereocenters. The van der Waals surface area contributed by atoms with Gasteiger partial charge in [-0.05, 0) is 42.0 Å². The number of hydrogen-bond donors (Lipinski definition) is 1. The Morgan fingerprint density at radius 2 is 1.55 bits per heavy atom. The van der Waals surface area contributed by atoms with Crippen molar-refractivity contribution in [2.24, 2.45) is 0 Å². The maximum atomic E-state index is 12.0. The van der Waals surface area contributed by atoms with E-state index in [0.717, 1.165) is 5.56 Å². The Morgan fingerprint density at radius 1 is 0.900 bits per heavy atom. The van der Waals surface area contributed by atoms with E-state index in [0.29, 0.717) is 32.2 Å². The summed E-state index contributed by atoms with van der Waals surface area (Å²) >= 11 is 23.5. The molecule has 2 aromatic rings. The van der Waals surface area contributed by atoms with E-state index in [2.05, 4.69) is 5.32 Å². The molecule has 20 heavy (non-hydrogen) atoms. The maximum Gasteiger partial charge on any atom is 0.253 e. The number of carbonyl (C=O) groups excluding carboxylic acids is 1. The Balaban J connectivity index is 2.08. The first kappa shape index (κ1) is 15.5. The predicted octanol–water partition coefficient (Wildman–Crippen LogP) is 5.23. The Labute approximate surface area is 136 Å². The van der Waals surface area contributed by atoms with Gasteiger partial charge in [0.2, 0.25) is 0 Å². The molecular formula is C14H9Cl4NO. The summed E-state index contributed by atoms with van der Waals surface area (Å²) in [6.07, 6.45) is 0. The van der Waals surface area contributed by atoms with E-state index in [9.17, 15) is 4.79 Å². The highest BCUT2D eigenvalue weighted by atomic mass is 35.5. The number of hydrogen-bond acceptors (Lipinski definition) is 1. The molecular weight excluding hydrogens is 340 g/mol. The number of carbonyl (C=O) groups is 1. The molecule has 104 valence electrons. The van der Waals surface area contributed by atoms with Crippen LogP contribution in [0.1, 0.15) is 15.9 Å². The summed E-state index contributed by atoms with van der Waals surface area (Å²) < 4.78 is 0. The zero-order valence-corrected chi connectivity index (χ0v) is 13.1. The van der Waals surface area contributed by atoms with Crippen LogP contribution in [0.3, 0.4) is 0 Å². The van der Waals surface area contributed by atoms with Crippen molar-refractivity contribution in [1.82, 2.24) is 5.32 Å². The SMILES string of the molecule is O=C(NCc1cc(Cl)cc(Cl)c1)c1ccc(Cl)cc1Cl. The predicted molar refractivity (Wildman–Crippen MR) is 84.1 cm³/mol. The van der Waals surface area contributed by atoms with Crippen LogP contribution in [0.15, 0.2) is 36.4 Å². The van der Waals surface area contributed by atoms with Crippen LogP contribution in [0.2, 0.25) is 20.1 Å². The minimum Gasteiger partial charge on any atom is -0.348 e. The first-order valence-electron chi connectivity index (χ1n) is 5.64. The molecule has 0 aliphatic heterocycles. The average molecular weight is 349 g/mol. The molecule has 2 rings (SSSR count). The molecule has 1 N–H and O–H groups in total. The first-order valence-corrected chi connectivity index (χ1v) is 7.15. The zero-order chi connectivity index (χ0) is 14.7. The molecule has 0 saturated heterocycles. The van der Waals surface area contributed by atoms with Crippen LogP contribution >= 0.6 is 46.4 Å². The molecule has 2 aromatic carbocycles.